The second-order valence-electron chi connectivity index (χ2n) is 6.87. The van der Waals surface area contributed by atoms with E-state index in [0.717, 1.165) is 13.1 Å². The van der Waals surface area contributed by atoms with E-state index in [9.17, 15) is 9.59 Å². The lowest BCUT2D eigenvalue weighted by Crippen LogP contribution is -2.42. The topological polar surface area (TPSA) is 74.3 Å². The summed E-state index contributed by atoms with van der Waals surface area (Å²) in [6, 6.07) is 9.60. The third kappa shape index (κ3) is 5.87. The van der Waals surface area contributed by atoms with Crippen molar-refractivity contribution in [3.8, 4) is 0 Å². The van der Waals surface area contributed by atoms with Gasteiger partial charge in [-0.05, 0) is 38.4 Å². The molecule has 0 aliphatic carbocycles. The highest BCUT2D eigenvalue weighted by Gasteiger charge is 2.17. The fourth-order valence-corrected chi connectivity index (χ4v) is 3.97. The van der Waals surface area contributed by atoms with Gasteiger partial charge in [0.1, 0.15) is 0 Å². The second kappa shape index (κ2) is 9.62. The molecule has 2 heterocycles. The predicted molar refractivity (Wildman–Crippen MR) is 108 cm³/mol. The number of hydrogen-bond donors (Lipinski definition) is 2. The molecule has 1 aliphatic heterocycles. The van der Waals surface area contributed by atoms with Crippen LogP contribution in [0.2, 0.25) is 0 Å². The molecule has 1 unspecified atom stereocenters. The van der Waals surface area contributed by atoms with Gasteiger partial charge in [0.2, 0.25) is 5.91 Å². The molecule has 2 N–H and O–H groups in total. The van der Waals surface area contributed by atoms with Gasteiger partial charge in [0.05, 0.1) is 12.1 Å². The van der Waals surface area contributed by atoms with E-state index in [1.54, 1.807) is 12.1 Å². The Hall–Kier alpha value is -2.25. The lowest BCUT2D eigenvalue weighted by Gasteiger charge is -2.33. The first kappa shape index (κ1) is 19.5. The number of nitrogens with zero attached hydrogens (tertiary/aromatic N) is 2. The quantitative estimate of drug-likeness (QED) is 0.767. The zero-order valence-corrected chi connectivity index (χ0v) is 16.4. The van der Waals surface area contributed by atoms with Crippen molar-refractivity contribution in [2.75, 3.05) is 25.0 Å². The zero-order valence-electron chi connectivity index (χ0n) is 15.6. The van der Waals surface area contributed by atoms with Crippen LogP contribution in [-0.4, -0.2) is 47.4 Å². The maximum absolute atomic E-state index is 12.1. The molecule has 27 heavy (non-hydrogen) atoms. The Morgan fingerprint density at radius 1 is 1.26 bits per heavy atom. The number of carbonyl (C=O) groups is 2. The van der Waals surface area contributed by atoms with E-state index < -0.39 is 0 Å². The maximum Gasteiger partial charge on any atom is 0.257 e. The Balaban J connectivity index is 1.42. The van der Waals surface area contributed by atoms with Gasteiger partial charge in [0.25, 0.3) is 5.91 Å². The predicted octanol–water partition coefficient (Wildman–Crippen LogP) is 2.93. The van der Waals surface area contributed by atoms with Gasteiger partial charge in [0.15, 0.2) is 5.13 Å². The van der Waals surface area contributed by atoms with Gasteiger partial charge in [-0.1, -0.05) is 24.6 Å². The van der Waals surface area contributed by atoms with Crippen LogP contribution in [0.25, 0.3) is 0 Å². The number of carbonyl (C=O) groups excluding carboxylic acids is 2. The second-order valence-corrected chi connectivity index (χ2v) is 7.73. The summed E-state index contributed by atoms with van der Waals surface area (Å²) in [6.07, 6.45) is 4.02. The van der Waals surface area contributed by atoms with Crippen LogP contribution in [0.5, 0.6) is 0 Å². The lowest BCUT2D eigenvalue weighted by molar-refractivity contribution is -0.120. The Morgan fingerprint density at radius 2 is 2.07 bits per heavy atom. The number of likely N-dealkylation sites (tertiary alicyclic amines) is 1. The van der Waals surface area contributed by atoms with Crippen molar-refractivity contribution in [1.82, 2.24) is 15.2 Å². The number of amides is 2. The minimum absolute atomic E-state index is 0.0362. The molecule has 1 fully saturated rings. The Labute approximate surface area is 164 Å². The Morgan fingerprint density at radius 3 is 2.85 bits per heavy atom. The lowest BCUT2D eigenvalue weighted by atomic mass is 10.0. The standard InChI is InChI=1S/C20H26N4O2S/c1-15-7-5-6-11-24(15)12-10-21-18(25)13-17-14-27-20(22-17)23-19(26)16-8-3-2-4-9-16/h2-4,8-9,14-15H,5-7,10-13H2,1H3,(H,21,25)(H,22,23,26). The molecule has 0 radical (unpaired) electrons. The average Bonchev–Trinajstić information content (AvgIpc) is 3.10. The van der Waals surface area contributed by atoms with Gasteiger partial charge in [-0.3, -0.25) is 19.8 Å². The average molecular weight is 387 g/mol. The SMILES string of the molecule is CC1CCCCN1CCNC(=O)Cc1csc(NC(=O)c2ccccc2)n1. The van der Waals surface area contributed by atoms with Crippen molar-refractivity contribution in [2.24, 2.45) is 0 Å². The van der Waals surface area contributed by atoms with E-state index >= 15 is 0 Å². The highest BCUT2D eigenvalue weighted by atomic mass is 32.1. The minimum Gasteiger partial charge on any atom is -0.354 e. The van der Waals surface area contributed by atoms with E-state index in [1.807, 2.05) is 23.6 Å². The molecule has 0 bridgehead atoms. The van der Waals surface area contributed by atoms with Crippen LogP contribution in [0.3, 0.4) is 0 Å². The van der Waals surface area contributed by atoms with Gasteiger partial charge >= 0.3 is 0 Å². The summed E-state index contributed by atoms with van der Waals surface area (Å²) >= 11 is 1.33. The van der Waals surface area contributed by atoms with Crippen LogP contribution in [0.1, 0.15) is 42.2 Å². The highest BCUT2D eigenvalue weighted by molar-refractivity contribution is 7.14. The molecule has 1 aromatic carbocycles. The Kier molecular flexibility index (Phi) is 6.95. The molecular weight excluding hydrogens is 360 g/mol. The third-order valence-corrected chi connectivity index (χ3v) is 5.62. The number of hydrogen-bond acceptors (Lipinski definition) is 5. The fraction of sp³-hybridized carbons (Fsp3) is 0.450. The molecule has 0 saturated carbocycles. The summed E-state index contributed by atoms with van der Waals surface area (Å²) in [5.74, 6) is -0.234. The van der Waals surface area contributed by atoms with Crippen LogP contribution < -0.4 is 10.6 Å². The molecule has 144 valence electrons. The van der Waals surface area contributed by atoms with Gasteiger partial charge in [-0.15, -0.1) is 11.3 Å². The smallest absolute Gasteiger partial charge is 0.257 e. The molecule has 3 rings (SSSR count). The first-order valence-electron chi connectivity index (χ1n) is 9.43. The van der Waals surface area contributed by atoms with Gasteiger partial charge in [-0.2, -0.15) is 0 Å². The number of anilines is 1. The number of thiazole rings is 1. The number of nitrogens with one attached hydrogen (secondary N) is 2. The minimum atomic E-state index is -0.198. The van der Waals surface area contributed by atoms with E-state index in [-0.39, 0.29) is 18.2 Å². The largest absolute Gasteiger partial charge is 0.354 e. The number of aromatic nitrogens is 1. The first-order valence-corrected chi connectivity index (χ1v) is 10.3. The summed E-state index contributed by atoms with van der Waals surface area (Å²) in [6.45, 7) is 4.92. The number of benzene rings is 1. The van der Waals surface area contributed by atoms with Crippen LogP contribution >= 0.6 is 11.3 Å². The molecular formula is C20H26N4O2S. The van der Waals surface area contributed by atoms with Crippen molar-refractivity contribution >= 4 is 28.3 Å². The molecule has 1 atom stereocenters. The van der Waals surface area contributed by atoms with Gasteiger partial charge in [-0.25, -0.2) is 4.98 Å². The van der Waals surface area contributed by atoms with Crippen molar-refractivity contribution in [3.63, 3.8) is 0 Å². The molecule has 0 spiro atoms. The molecule has 2 aromatic rings. The summed E-state index contributed by atoms with van der Waals surface area (Å²) in [5.41, 5.74) is 1.26. The molecule has 1 aromatic heterocycles. The monoisotopic (exact) mass is 386 g/mol. The summed E-state index contributed by atoms with van der Waals surface area (Å²) in [7, 11) is 0. The molecule has 2 amide bonds. The van der Waals surface area contributed by atoms with Crippen molar-refractivity contribution in [3.05, 3.63) is 47.0 Å². The first-order chi connectivity index (χ1) is 13.1. The fourth-order valence-electron chi connectivity index (χ4n) is 3.26. The summed E-state index contributed by atoms with van der Waals surface area (Å²) in [4.78, 5) is 31.0. The van der Waals surface area contributed by atoms with Crippen LogP contribution in [0.4, 0.5) is 5.13 Å². The van der Waals surface area contributed by atoms with Crippen LogP contribution in [-0.2, 0) is 11.2 Å². The van der Waals surface area contributed by atoms with E-state index in [4.69, 9.17) is 0 Å². The molecule has 7 heteroatoms. The molecule has 6 nitrogen and oxygen atoms in total. The third-order valence-electron chi connectivity index (χ3n) is 4.81. The van der Waals surface area contributed by atoms with Gasteiger partial charge in [0, 0.05) is 30.1 Å². The Bertz CT molecular complexity index is 762. The normalized spacial score (nSPS) is 17.4. The zero-order chi connectivity index (χ0) is 19.1. The van der Waals surface area contributed by atoms with Crippen LogP contribution in [0.15, 0.2) is 35.7 Å². The highest BCUT2D eigenvalue weighted by Crippen LogP contribution is 2.17. The van der Waals surface area contributed by atoms with E-state index in [0.29, 0.717) is 29.0 Å². The molecule has 1 aliphatic rings. The van der Waals surface area contributed by atoms with Crippen LogP contribution in [0, 0.1) is 0 Å². The van der Waals surface area contributed by atoms with Gasteiger partial charge < -0.3 is 5.32 Å². The van der Waals surface area contributed by atoms with Crippen molar-refractivity contribution in [2.45, 2.75) is 38.6 Å². The van der Waals surface area contributed by atoms with Crippen molar-refractivity contribution in [1.29, 1.82) is 0 Å². The number of rotatable bonds is 7. The number of piperidine rings is 1. The molecule has 1 saturated heterocycles. The summed E-state index contributed by atoms with van der Waals surface area (Å²) in [5, 5.41) is 8.07. The van der Waals surface area contributed by atoms with E-state index in [2.05, 4.69) is 27.4 Å². The summed E-state index contributed by atoms with van der Waals surface area (Å²) < 4.78 is 0. The maximum atomic E-state index is 12.1. The van der Waals surface area contributed by atoms with Crippen molar-refractivity contribution < 1.29 is 9.59 Å². The van der Waals surface area contributed by atoms with E-state index in [1.165, 1.54) is 30.6 Å².